The third-order valence-corrected chi connectivity index (χ3v) is 2.83. The van der Waals surface area contributed by atoms with Crippen LogP contribution >= 0.6 is 0 Å². The van der Waals surface area contributed by atoms with Crippen molar-refractivity contribution < 1.29 is 5.11 Å². The van der Waals surface area contributed by atoms with Gasteiger partial charge in [-0.05, 0) is 37.8 Å². The monoisotopic (exact) mass is 186 g/mol. The van der Waals surface area contributed by atoms with Gasteiger partial charge in [-0.15, -0.1) is 0 Å². The van der Waals surface area contributed by atoms with Crippen LogP contribution in [0.3, 0.4) is 0 Å². The Kier molecular flexibility index (Phi) is 4.70. The molecule has 1 rings (SSSR count). The molecule has 3 N–H and O–H groups in total. The third kappa shape index (κ3) is 3.63. The van der Waals surface area contributed by atoms with Crippen LogP contribution in [0.25, 0.3) is 0 Å². The summed E-state index contributed by atoms with van der Waals surface area (Å²) in [4.78, 5) is 2.45. The number of aliphatic hydroxyl groups is 1. The zero-order chi connectivity index (χ0) is 9.68. The highest BCUT2D eigenvalue weighted by Crippen LogP contribution is 2.19. The minimum absolute atomic E-state index is 0.304. The van der Waals surface area contributed by atoms with Crippen LogP contribution in [0.15, 0.2) is 0 Å². The molecule has 0 aliphatic carbocycles. The van der Waals surface area contributed by atoms with Crippen LogP contribution in [0.2, 0.25) is 0 Å². The molecule has 0 radical (unpaired) electrons. The van der Waals surface area contributed by atoms with E-state index in [0.717, 1.165) is 25.4 Å². The van der Waals surface area contributed by atoms with E-state index in [2.05, 4.69) is 11.8 Å². The van der Waals surface area contributed by atoms with Gasteiger partial charge in [0.05, 0.1) is 0 Å². The van der Waals surface area contributed by atoms with Gasteiger partial charge >= 0.3 is 0 Å². The van der Waals surface area contributed by atoms with Crippen molar-refractivity contribution in [3.8, 4) is 0 Å². The van der Waals surface area contributed by atoms with Gasteiger partial charge in [-0.3, -0.25) is 0 Å². The Hall–Kier alpha value is -0.120. The maximum Gasteiger partial charge on any atom is 0.0468 e. The summed E-state index contributed by atoms with van der Waals surface area (Å²) < 4.78 is 0. The largest absolute Gasteiger partial charge is 0.396 e. The molecule has 13 heavy (non-hydrogen) atoms. The number of hydrogen-bond donors (Lipinski definition) is 2. The molecule has 0 bridgehead atoms. The Morgan fingerprint density at radius 2 is 2.38 bits per heavy atom. The predicted molar refractivity (Wildman–Crippen MR) is 54.5 cm³/mol. The molecule has 78 valence electrons. The topological polar surface area (TPSA) is 49.5 Å². The van der Waals surface area contributed by atoms with Gasteiger partial charge in [-0.25, -0.2) is 0 Å². The molecule has 2 unspecified atom stereocenters. The fourth-order valence-corrected chi connectivity index (χ4v) is 2.05. The maximum absolute atomic E-state index is 8.92. The molecule has 2 atom stereocenters. The minimum atomic E-state index is 0.304. The quantitative estimate of drug-likeness (QED) is 0.648. The maximum atomic E-state index is 8.92. The lowest BCUT2D eigenvalue weighted by molar-refractivity contribution is 0.187. The molecule has 1 saturated heterocycles. The first-order valence-electron chi connectivity index (χ1n) is 5.29. The molecular formula is C10H22N2O. The third-order valence-electron chi connectivity index (χ3n) is 2.83. The predicted octanol–water partition coefficient (Wildman–Crippen LogP) is 0.285. The van der Waals surface area contributed by atoms with Crippen LogP contribution in [0.4, 0.5) is 0 Å². The van der Waals surface area contributed by atoms with Gasteiger partial charge in [-0.2, -0.15) is 0 Å². The van der Waals surface area contributed by atoms with Crippen molar-refractivity contribution in [2.24, 2.45) is 17.6 Å². The lowest BCUT2D eigenvalue weighted by atomic mass is 10.1. The lowest BCUT2D eigenvalue weighted by Gasteiger charge is -2.19. The van der Waals surface area contributed by atoms with Crippen molar-refractivity contribution in [2.45, 2.75) is 19.8 Å². The Bertz CT molecular complexity index is 141. The van der Waals surface area contributed by atoms with E-state index in [9.17, 15) is 0 Å². The smallest absolute Gasteiger partial charge is 0.0468 e. The van der Waals surface area contributed by atoms with E-state index in [4.69, 9.17) is 10.8 Å². The van der Waals surface area contributed by atoms with Crippen LogP contribution in [0.5, 0.6) is 0 Å². The summed E-state index contributed by atoms with van der Waals surface area (Å²) in [6, 6.07) is 0. The number of rotatable bonds is 5. The van der Waals surface area contributed by atoms with E-state index in [1.807, 2.05) is 0 Å². The summed E-state index contributed by atoms with van der Waals surface area (Å²) in [5.74, 6) is 1.22. The van der Waals surface area contributed by atoms with Crippen molar-refractivity contribution in [2.75, 3.05) is 32.8 Å². The molecule has 0 aromatic heterocycles. The Labute approximate surface area is 80.9 Å². The van der Waals surface area contributed by atoms with Gasteiger partial charge in [0.15, 0.2) is 0 Å². The van der Waals surface area contributed by atoms with E-state index < -0.39 is 0 Å². The van der Waals surface area contributed by atoms with Crippen molar-refractivity contribution >= 4 is 0 Å². The highest BCUT2D eigenvalue weighted by Gasteiger charge is 2.22. The molecule has 1 aliphatic heterocycles. The first-order chi connectivity index (χ1) is 6.26. The highest BCUT2D eigenvalue weighted by atomic mass is 16.3. The second-order valence-corrected chi connectivity index (χ2v) is 4.28. The van der Waals surface area contributed by atoms with Crippen LogP contribution in [-0.4, -0.2) is 42.8 Å². The molecule has 3 heteroatoms. The molecule has 3 nitrogen and oxygen atoms in total. The Morgan fingerprint density at radius 1 is 1.62 bits per heavy atom. The van der Waals surface area contributed by atoms with Gasteiger partial charge in [0.25, 0.3) is 0 Å². The molecule has 0 aromatic carbocycles. The lowest BCUT2D eigenvalue weighted by Crippen LogP contribution is -2.28. The summed E-state index contributed by atoms with van der Waals surface area (Å²) >= 11 is 0. The van der Waals surface area contributed by atoms with E-state index in [1.54, 1.807) is 0 Å². The van der Waals surface area contributed by atoms with E-state index in [1.165, 1.54) is 19.5 Å². The van der Waals surface area contributed by atoms with Crippen molar-refractivity contribution in [3.05, 3.63) is 0 Å². The fraction of sp³-hybridized carbons (Fsp3) is 1.00. The molecule has 1 heterocycles. The average molecular weight is 186 g/mol. The number of likely N-dealkylation sites (tertiary alicyclic amines) is 1. The summed E-state index contributed by atoms with van der Waals surface area (Å²) in [7, 11) is 0. The number of aliphatic hydroxyl groups excluding tert-OH is 1. The second-order valence-electron chi connectivity index (χ2n) is 4.28. The Balaban J connectivity index is 2.17. The SMILES string of the molecule is CC(CO)CN1CCC(CCN)C1. The zero-order valence-corrected chi connectivity index (χ0v) is 8.58. The molecule has 0 saturated carbocycles. The first kappa shape index (κ1) is 11.0. The van der Waals surface area contributed by atoms with Crippen LogP contribution in [0.1, 0.15) is 19.8 Å². The molecule has 0 amide bonds. The normalized spacial score (nSPS) is 26.5. The summed E-state index contributed by atoms with van der Waals surface area (Å²) in [5.41, 5.74) is 5.52. The molecule has 1 aliphatic rings. The number of nitrogens with two attached hydrogens (primary N) is 1. The standard InChI is InChI=1S/C10H22N2O/c1-9(8-13)6-12-5-3-10(7-12)2-4-11/h9-10,13H,2-8,11H2,1H3. The number of nitrogens with zero attached hydrogens (tertiary/aromatic N) is 1. The Morgan fingerprint density at radius 3 is 3.00 bits per heavy atom. The zero-order valence-electron chi connectivity index (χ0n) is 8.58. The van der Waals surface area contributed by atoms with Gasteiger partial charge < -0.3 is 15.7 Å². The summed E-state index contributed by atoms with van der Waals surface area (Å²) in [5, 5.41) is 8.92. The van der Waals surface area contributed by atoms with Gasteiger partial charge in [-0.1, -0.05) is 6.92 Å². The highest BCUT2D eigenvalue weighted by molar-refractivity contribution is 4.76. The van der Waals surface area contributed by atoms with E-state index in [-0.39, 0.29) is 0 Å². The molecule has 1 fully saturated rings. The van der Waals surface area contributed by atoms with Crippen molar-refractivity contribution in [1.82, 2.24) is 4.90 Å². The van der Waals surface area contributed by atoms with E-state index >= 15 is 0 Å². The second kappa shape index (κ2) is 5.58. The van der Waals surface area contributed by atoms with Crippen molar-refractivity contribution in [1.29, 1.82) is 0 Å². The van der Waals surface area contributed by atoms with Gasteiger partial charge in [0.2, 0.25) is 0 Å². The first-order valence-corrected chi connectivity index (χ1v) is 5.29. The van der Waals surface area contributed by atoms with Crippen LogP contribution in [0, 0.1) is 11.8 Å². The van der Waals surface area contributed by atoms with Gasteiger partial charge in [0.1, 0.15) is 0 Å². The van der Waals surface area contributed by atoms with Crippen molar-refractivity contribution in [3.63, 3.8) is 0 Å². The van der Waals surface area contributed by atoms with Gasteiger partial charge in [0, 0.05) is 19.7 Å². The molecular weight excluding hydrogens is 164 g/mol. The van der Waals surface area contributed by atoms with Crippen LogP contribution < -0.4 is 5.73 Å². The molecule has 0 aromatic rings. The summed E-state index contributed by atoms with van der Waals surface area (Å²) in [6.45, 7) is 6.62. The molecule has 0 spiro atoms. The number of hydrogen-bond acceptors (Lipinski definition) is 3. The average Bonchev–Trinajstić information content (AvgIpc) is 2.53. The van der Waals surface area contributed by atoms with E-state index in [0.29, 0.717) is 12.5 Å². The van der Waals surface area contributed by atoms with Crippen LogP contribution in [-0.2, 0) is 0 Å². The fourth-order valence-electron chi connectivity index (χ4n) is 2.05. The minimum Gasteiger partial charge on any atom is -0.396 e. The summed E-state index contributed by atoms with van der Waals surface area (Å²) in [6.07, 6.45) is 2.44.